The van der Waals surface area contributed by atoms with Crippen LogP contribution in [0.15, 0.2) is 87.3 Å². The third kappa shape index (κ3) is 4.17. The Labute approximate surface area is 185 Å². The second-order valence-electron chi connectivity index (χ2n) is 6.45. The molecule has 1 atom stereocenters. The van der Waals surface area contributed by atoms with Crippen LogP contribution in [0.2, 0.25) is 0 Å². The van der Waals surface area contributed by atoms with Crippen molar-refractivity contribution in [2.24, 2.45) is 0 Å². The molecule has 0 bridgehead atoms. The van der Waals surface area contributed by atoms with Crippen molar-refractivity contribution >= 4 is 26.7 Å². The van der Waals surface area contributed by atoms with Crippen LogP contribution < -0.4 is 9.47 Å². The van der Waals surface area contributed by atoms with Gasteiger partial charge in [0.25, 0.3) is 0 Å². The van der Waals surface area contributed by atoms with E-state index in [1.54, 1.807) is 14.2 Å². The second kappa shape index (κ2) is 8.85. The topological polar surface area (TPSA) is 64.2 Å². The van der Waals surface area contributed by atoms with Gasteiger partial charge >= 0.3 is 0 Å². The van der Waals surface area contributed by atoms with Gasteiger partial charge in [0.05, 0.1) is 25.6 Å². The molecule has 4 aromatic rings. The molecule has 30 heavy (non-hydrogen) atoms. The second-order valence-corrected chi connectivity index (χ2v) is 8.76. The van der Waals surface area contributed by atoms with Crippen LogP contribution in [0.1, 0.15) is 0 Å². The molecule has 3 aromatic carbocycles. The number of imidazole rings is 1. The number of ether oxygens (including phenoxy) is 2. The molecule has 152 valence electrons. The van der Waals surface area contributed by atoms with E-state index in [4.69, 9.17) is 14.5 Å². The van der Waals surface area contributed by atoms with E-state index in [1.165, 1.54) is 0 Å². The van der Waals surface area contributed by atoms with Crippen molar-refractivity contribution < 1.29 is 13.7 Å². The van der Waals surface area contributed by atoms with E-state index in [0.717, 1.165) is 38.5 Å². The summed E-state index contributed by atoms with van der Waals surface area (Å²) in [6, 6.07) is 22.7. The Morgan fingerprint density at radius 3 is 1.87 bits per heavy atom. The number of nitrogens with zero attached hydrogens (tertiary/aromatic N) is 1. The van der Waals surface area contributed by atoms with Gasteiger partial charge in [0.1, 0.15) is 22.3 Å². The lowest BCUT2D eigenvalue weighted by atomic mass is 10.0. The maximum Gasteiger partial charge on any atom is 0.202 e. The zero-order valence-electron chi connectivity index (χ0n) is 16.4. The monoisotopic (exact) mass is 482 g/mol. The highest BCUT2D eigenvalue weighted by atomic mass is 79.9. The molecular weight excluding hydrogens is 464 g/mol. The van der Waals surface area contributed by atoms with Gasteiger partial charge in [-0.1, -0.05) is 15.9 Å². The molecule has 1 aromatic heterocycles. The largest absolute Gasteiger partial charge is 0.497 e. The van der Waals surface area contributed by atoms with Crippen molar-refractivity contribution in [2.75, 3.05) is 14.2 Å². The number of nitrogens with one attached hydrogen (secondary N) is 1. The molecule has 0 aliphatic heterocycles. The number of hydrogen-bond donors (Lipinski definition) is 1. The SMILES string of the molecule is COc1ccc(-c2nc(S(=O)c3ccc(Br)cc3)[nH]c2-c2ccc(OC)cc2)cc1. The normalized spacial score (nSPS) is 11.8. The van der Waals surface area contributed by atoms with Crippen molar-refractivity contribution in [1.82, 2.24) is 9.97 Å². The first-order chi connectivity index (χ1) is 14.6. The first kappa shape index (κ1) is 20.4. The number of aromatic amines is 1. The predicted molar refractivity (Wildman–Crippen MR) is 121 cm³/mol. The quantitative estimate of drug-likeness (QED) is 0.383. The molecule has 0 spiro atoms. The van der Waals surface area contributed by atoms with Crippen LogP contribution >= 0.6 is 15.9 Å². The molecule has 0 saturated carbocycles. The molecule has 0 amide bonds. The van der Waals surface area contributed by atoms with Crippen molar-refractivity contribution in [2.45, 2.75) is 10.1 Å². The zero-order chi connectivity index (χ0) is 21.1. The number of benzene rings is 3. The summed E-state index contributed by atoms with van der Waals surface area (Å²) in [5.41, 5.74) is 3.34. The minimum absolute atomic E-state index is 0.397. The van der Waals surface area contributed by atoms with E-state index < -0.39 is 10.8 Å². The Hall–Kier alpha value is -2.90. The van der Waals surface area contributed by atoms with Crippen LogP contribution in [0, 0.1) is 0 Å². The molecule has 1 N–H and O–H groups in total. The summed E-state index contributed by atoms with van der Waals surface area (Å²) in [7, 11) is 1.82. The standard InChI is InChI=1S/C23H19BrN2O3S/c1-28-18-9-3-15(4-10-18)21-22(16-5-11-19(29-2)12-6-16)26-23(25-21)30(27)20-13-7-17(24)8-14-20/h3-14H,1-2H3,(H,25,26). The van der Waals surface area contributed by atoms with Crippen molar-refractivity contribution in [3.05, 3.63) is 77.3 Å². The van der Waals surface area contributed by atoms with Crippen LogP contribution in [0.25, 0.3) is 22.5 Å². The van der Waals surface area contributed by atoms with Gasteiger partial charge in [-0.3, -0.25) is 0 Å². The lowest BCUT2D eigenvalue weighted by molar-refractivity contribution is 0.414. The molecule has 7 heteroatoms. The number of methoxy groups -OCH3 is 2. The van der Waals surface area contributed by atoms with Crippen LogP contribution in [-0.4, -0.2) is 28.4 Å². The number of aromatic nitrogens is 2. The highest BCUT2D eigenvalue weighted by molar-refractivity contribution is 9.10. The molecule has 0 aliphatic rings. The molecular formula is C23H19BrN2O3S. The van der Waals surface area contributed by atoms with Crippen molar-refractivity contribution in [3.63, 3.8) is 0 Å². The van der Waals surface area contributed by atoms with Crippen molar-refractivity contribution in [1.29, 1.82) is 0 Å². The van der Waals surface area contributed by atoms with Gasteiger partial charge in [0.15, 0.2) is 0 Å². The molecule has 0 fully saturated rings. The Balaban J connectivity index is 1.81. The summed E-state index contributed by atoms with van der Waals surface area (Å²) in [5.74, 6) is 1.53. The Bertz CT molecular complexity index is 1110. The summed E-state index contributed by atoms with van der Waals surface area (Å²) in [6.45, 7) is 0. The summed E-state index contributed by atoms with van der Waals surface area (Å²) >= 11 is 3.41. The van der Waals surface area contributed by atoms with Gasteiger partial charge in [0, 0.05) is 20.5 Å². The highest BCUT2D eigenvalue weighted by Crippen LogP contribution is 2.33. The Kier molecular flexibility index (Phi) is 6.01. The molecule has 4 rings (SSSR count). The lowest BCUT2D eigenvalue weighted by Gasteiger charge is -2.06. The number of H-pyrrole nitrogens is 1. The van der Waals surface area contributed by atoms with E-state index in [2.05, 4.69) is 20.9 Å². The molecule has 1 unspecified atom stereocenters. The van der Waals surface area contributed by atoms with E-state index in [1.807, 2.05) is 72.8 Å². The molecule has 5 nitrogen and oxygen atoms in total. The van der Waals surface area contributed by atoms with Crippen LogP contribution in [0.4, 0.5) is 0 Å². The summed E-state index contributed by atoms with van der Waals surface area (Å²) < 4.78 is 24.6. The van der Waals surface area contributed by atoms with Gasteiger partial charge < -0.3 is 14.5 Å². The average Bonchev–Trinajstić information content (AvgIpc) is 3.24. The highest BCUT2D eigenvalue weighted by Gasteiger charge is 2.19. The molecule has 0 radical (unpaired) electrons. The fourth-order valence-corrected chi connectivity index (χ4v) is 4.27. The third-order valence-electron chi connectivity index (χ3n) is 4.63. The average molecular weight is 483 g/mol. The van der Waals surface area contributed by atoms with E-state index in [0.29, 0.717) is 10.1 Å². The van der Waals surface area contributed by atoms with Gasteiger partial charge in [-0.05, 0) is 72.8 Å². The fourth-order valence-electron chi connectivity index (χ4n) is 3.03. The number of halogens is 1. The zero-order valence-corrected chi connectivity index (χ0v) is 18.8. The lowest BCUT2D eigenvalue weighted by Crippen LogP contribution is -1.95. The molecule has 0 saturated heterocycles. The first-order valence-corrected chi connectivity index (χ1v) is 11.1. The summed E-state index contributed by atoms with van der Waals surface area (Å²) in [6.07, 6.45) is 0. The smallest absolute Gasteiger partial charge is 0.202 e. The maximum atomic E-state index is 13.1. The van der Waals surface area contributed by atoms with Crippen molar-refractivity contribution in [3.8, 4) is 34.0 Å². The summed E-state index contributed by atoms with van der Waals surface area (Å²) in [5, 5.41) is 0.397. The van der Waals surface area contributed by atoms with Gasteiger partial charge in [-0.25, -0.2) is 9.19 Å². The fraction of sp³-hybridized carbons (Fsp3) is 0.0870. The Morgan fingerprint density at radius 2 is 1.33 bits per heavy atom. The number of rotatable bonds is 6. The van der Waals surface area contributed by atoms with E-state index in [-0.39, 0.29) is 0 Å². The Morgan fingerprint density at radius 1 is 0.800 bits per heavy atom. The van der Waals surface area contributed by atoms with Crippen LogP contribution in [0.3, 0.4) is 0 Å². The van der Waals surface area contributed by atoms with Crippen LogP contribution in [0.5, 0.6) is 11.5 Å². The number of hydrogen-bond acceptors (Lipinski definition) is 4. The van der Waals surface area contributed by atoms with Gasteiger partial charge in [0.2, 0.25) is 5.16 Å². The molecule has 1 heterocycles. The van der Waals surface area contributed by atoms with Gasteiger partial charge in [-0.15, -0.1) is 0 Å². The first-order valence-electron chi connectivity index (χ1n) is 9.15. The predicted octanol–water partition coefficient (Wildman–Crippen LogP) is 5.69. The van der Waals surface area contributed by atoms with E-state index in [9.17, 15) is 4.21 Å². The molecule has 0 aliphatic carbocycles. The van der Waals surface area contributed by atoms with E-state index >= 15 is 0 Å². The maximum absolute atomic E-state index is 13.1. The third-order valence-corrected chi connectivity index (χ3v) is 6.40. The minimum atomic E-state index is -1.44. The summed E-state index contributed by atoms with van der Waals surface area (Å²) in [4.78, 5) is 8.67. The van der Waals surface area contributed by atoms with Gasteiger partial charge in [-0.2, -0.15) is 0 Å². The van der Waals surface area contributed by atoms with Crippen LogP contribution in [-0.2, 0) is 10.8 Å². The minimum Gasteiger partial charge on any atom is -0.497 e.